The van der Waals surface area contributed by atoms with Gasteiger partial charge in [0.1, 0.15) is 18.2 Å². The molecule has 4 N–H and O–H groups in total. The van der Waals surface area contributed by atoms with Gasteiger partial charge in [0.25, 0.3) is 0 Å². The van der Waals surface area contributed by atoms with Crippen LogP contribution in [0.4, 0.5) is 5.69 Å². The number of primary amides is 1. The Morgan fingerprint density at radius 1 is 1.04 bits per heavy atom. The number of nitrogens with one attached hydrogen (secondary N) is 1. The second-order valence-corrected chi connectivity index (χ2v) is 7.49. The van der Waals surface area contributed by atoms with Gasteiger partial charge >= 0.3 is 0 Å². The zero-order chi connectivity index (χ0) is 19.7. The molecule has 0 heterocycles. The number of carbonyl (C=O) groups excluding carboxylic acids is 1. The molecule has 2 aromatic rings. The second kappa shape index (κ2) is 9.91. The van der Waals surface area contributed by atoms with Gasteiger partial charge < -0.3 is 25.6 Å². The number of aliphatic hydroxyl groups is 1. The Morgan fingerprint density at radius 2 is 1.74 bits per heavy atom. The van der Waals surface area contributed by atoms with Gasteiger partial charge in [-0.25, -0.2) is 8.42 Å². The lowest BCUT2D eigenvalue weighted by atomic mass is 10.2. The third-order valence-electron chi connectivity index (χ3n) is 3.56. The second-order valence-electron chi connectivity index (χ2n) is 5.51. The number of benzene rings is 2. The van der Waals surface area contributed by atoms with E-state index in [1.54, 1.807) is 24.3 Å². The number of rotatable bonds is 11. The fourth-order valence-electron chi connectivity index (χ4n) is 2.20. The summed E-state index contributed by atoms with van der Waals surface area (Å²) in [6, 6.07) is 12.4. The third-order valence-corrected chi connectivity index (χ3v) is 5.07. The predicted octanol–water partition coefficient (Wildman–Crippen LogP) is 1.02. The Balaban J connectivity index is 1.99. The summed E-state index contributed by atoms with van der Waals surface area (Å²) in [6.07, 6.45) is 0. The van der Waals surface area contributed by atoms with Gasteiger partial charge in [-0.3, -0.25) is 4.79 Å². The Labute approximate surface area is 157 Å². The number of hydrogen-bond acceptors (Lipinski definition) is 7. The van der Waals surface area contributed by atoms with Crippen molar-refractivity contribution in [2.75, 3.05) is 37.6 Å². The molecule has 0 bridgehead atoms. The van der Waals surface area contributed by atoms with Crippen molar-refractivity contribution >= 4 is 21.4 Å². The zero-order valence-electron chi connectivity index (χ0n) is 14.6. The minimum Gasteiger partial charge on any atom is -0.489 e. The largest absolute Gasteiger partial charge is 0.489 e. The van der Waals surface area contributed by atoms with Crippen LogP contribution in [-0.2, 0) is 14.6 Å². The summed E-state index contributed by atoms with van der Waals surface area (Å²) in [5, 5.41) is 11.5. The fourth-order valence-corrected chi connectivity index (χ4v) is 3.26. The Morgan fingerprint density at radius 3 is 2.41 bits per heavy atom. The predicted molar refractivity (Wildman–Crippen MR) is 100 cm³/mol. The van der Waals surface area contributed by atoms with Crippen molar-refractivity contribution in [3.05, 3.63) is 54.1 Å². The van der Waals surface area contributed by atoms with Gasteiger partial charge in [-0.1, -0.05) is 12.1 Å². The van der Waals surface area contributed by atoms with Gasteiger partial charge in [0, 0.05) is 5.56 Å². The molecule has 0 spiro atoms. The summed E-state index contributed by atoms with van der Waals surface area (Å²) in [7, 11) is -3.62. The summed E-state index contributed by atoms with van der Waals surface area (Å²) in [5.74, 6) is -0.472. The number of hydrogen-bond donors (Lipinski definition) is 3. The standard InChI is InChI=1S/C18H22N2O6S/c19-18(22)14-5-7-15(8-6-14)27(23,24)13-20-16-3-1-2-4-17(16)26-12-11-25-10-9-21/h1-8,20-21H,9-13H2,(H2,19,22). The third kappa shape index (κ3) is 6.24. The van der Waals surface area contributed by atoms with Gasteiger partial charge in [-0.2, -0.15) is 0 Å². The van der Waals surface area contributed by atoms with E-state index in [0.717, 1.165) is 0 Å². The van der Waals surface area contributed by atoms with E-state index >= 15 is 0 Å². The van der Waals surface area contributed by atoms with Crippen LogP contribution < -0.4 is 15.8 Å². The molecule has 9 heteroatoms. The number of sulfone groups is 1. The van der Waals surface area contributed by atoms with E-state index in [1.165, 1.54) is 24.3 Å². The van der Waals surface area contributed by atoms with E-state index < -0.39 is 15.7 Å². The number of para-hydroxylation sites is 2. The maximum atomic E-state index is 12.5. The molecule has 0 aliphatic heterocycles. The van der Waals surface area contributed by atoms with Crippen LogP contribution in [0.5, 0.6) is 5.75 Å². The highest BCUT2D eigenvalue weighted by Crippen LogP contribution is 2.24. The van der Waals surface area contributed by atoms with Crippen molar-refractivity contribution in [3.63, 3.8) is 0 Å². The number of ether oxygens (including phenoxy) is 2. The number of aliphatic hydroxyl groups excluding tert-OH is 1. The molecule has 0 aliphatic carbocycles. The monoisotopic (exact) mass is 394 g/mol. The lowest BCUT2D eigenvalue weighted by molar-refractivity contribution is 0.0706. The quantitative estimate of drug-likeness (QED) is 0.485. The Hall–Kier alpha value is -2.62. The van der Waals surface area contributed by atoms with E-state index in [9.17, 15) is 13.2 Å². The summed E-state index contributed by atoms with van der Waals surface area (Å²) in [6.45, 7) is 0.742. The summed E-state index contributed by atoms with van der Waals surface area (Å²) in [5.41, 5.74) is 5.92. The van der Waals surface area contributed by atoms with Crippen LogP contribution >= 0.6 is 0 Å². The molecule has 0 radical (unpaired) electrons. The van der Waals surface area contributed by atoms with Crippen molar-refractivity contribution in [1.29, 1.82) is 0 Å². The average Bonchev–Trinajstić information content (AvgIpc) is 2.67. The summed E-state index contributed by atoms with van der Waals surface area (Å²) in [4.78, 5) is 11.2. The van der Waals surface area contributed by atoms with Crippen LogP contribution in [0.1, 0.15) is 10.4 Å². The molecule has 0 aromatic heterocycles. The molecule has 0 aliphatic rings. The molecular weight excluding hydrogens is 372 g/mol. The lowest BCUT2D eigenvalue weighted by Gasteiger charge is -2.13. The molecule has 2 aromatic carbocycles. The van der Waals surface area contributed by atoms with E-state index in [-0.39, 0.29) is 36.2 Å². The minimum absolute atomic E-state index is 0.0591. The molecule has 8 nitrogen and oxygen atoms in total. The molecule has 0 saturated heterocycles. The lowest BCUT2D eigenvalue weighted by Crippen LogP contribution is -2.16. The summed E-state index contributed by atoms with van der Waals surface area (Å²) >= 11 is 0. The maximum Gasteiger partial charge on any atom is 0.248 e. The first-order valence-electron chi connectivity index (χ1n) is 8.21. The van der Waals surface area contributed by atoms with Crippen LogP contribution in [0.15, 0.2) is 53.4 Å². The molecular formula is C18H22N2O6S. The zero-order valence-corrected chi connectivity index (χ0v) is 15.4. The van der Waals surface area contributed by atoms with E-state index in [2.05, 4.69) is 5.32 Å². The molecule has 0 atom stereocenters. The van der Waals surface area contributed by atoms with Gasteiger partial charge in [0.15, 0.2) is 9.84 Å². The molecule has 0 fully saturated rings. The highest BCUT2D eigenvalue weighted by Gasteiger charge is 2.16. The first-order chi connectivity index (χ1) is 12.9. The van der Waals surface area contributed by atoms with Gasteiger partial charge in [0.2, 0.25) is 5.91 Å². The number of amides is 1. The van der Waals surface area contributed by atoms with Crippen molar-refractivity contribution < 1.29 is 27.8 Å². The fraction of sp³-hybridized carbons (Fsp3) is 0.278. The highest BCUT2D eigenvalue weighted by molar-refractivity contribution is 7.91. The smallest absolute Gasteiger partial charge is 0.248 e. The van der Waals surface area contributed by atoms with Crippen LogP contribution in [-0.4, -0.2) is 51.7 Å². The molecule has 0 unspecified atom stereocenters. The van der Waals surface area contributed by atoms with E-state index in [4.69, 9.17) is 20.3 Å². The van der Waals surface area contributed by atoms with Gasteiger partial charge in [0.05, 0.1) is 30.4 Å². The Kier molecular flexibility index (Phi) is 7.59. The molecule has 0 saturated carbocycles. The van der Waals surface area contributed by atoms with Crippen molar-refractivity contribution in [2.24, 2.45) is 5.73 Å². The van der Waals surface area contributed by atoms with E-state index in [0.29, 0.717) is 18.0 Å². The molecule has 2 rings (SSSR count). The van der Waals surface area contributed by atoms with Crippen molar-refractivity contribution in [3.8, 4) is 5.75 Å². The van der Waals surface area contributed by atoms with Gasteiger partial charge in [-0.05, 0) is 36.4 Å². The van der Waals surface area contributed by atoms with Crippen LogP contribution in [0.2, 0.25) is 0 Å². The first kappa shape index (κ1) is 20.7. The van der Waals surface area contributed by atoms with Crippen LogP contribution in [0, 0.1) is 0 Å². The molecule has 1 amide bonds. The topological polar surface area (TPSA) is 128 Å². The summed E-state index contributed by atoms with van der Waals surface area (Å²) < 4.78 is 35.6. The first-order valence-corrected chi connectivity index (χ1v) is 9.86. The van der Waals surface area contributed by atoms with Crippen molar-refractivity contribution in [1.82, 2.24) is 0 Å². The number of anilines is 1. The average molecular weight is 394 g/mol. The SMILES string of the molecule is NC(=O)c1ccc(S(=O)(=O)CNc2ccccc2OCCOCCO)cc1. The number of nitrogens with two attached hydrogens (primary N) is 1. The van der Waals surface area contributed by atoms with Crippen molar-refractivity contribution in [2.45, 2.75) is 4.90 Å². The normalized spacial score (nSPS) is 11.1. The minimum atomic E-state index is -3.62. The van der Waals surface area contributed by atoms with E-state index in [1.807, 2.05) is 0 Å². The van der Waals surface area contributed by atoms with Crippen LogP contribution in [0.3, 0.4) is 0 Å². The molecule has 146 valence electrons. The molecule has 27 heavy (non-hydrogen) atoms. The number of carbonyl (C=O) groups is 1. The van der Waals surface area contributed by atoms with Gasteiger partial charge in [-0.15, -0.1) is 0 Å². The maximum absolute atomic E-state index is 12.5. The van der Waals surface area contributed by atoms with Crippen LogP contribution in [0.25, 0.3) is 0 Å². The highest BCUT2D eigenvalue weighted by atomic mass is 32.2. The Bertz CT molecular complexity index is 852.